The lowest BCUT2D eigenvalue weighted by Crippen LogP contribution is -2.49. The number of rotatable bonds is 4. The van der Waals surface area contributed by atoms with Crippen LogP contribution < -0.4 is 9.47 Å². The Hall–Kier alpha value is -3.27. The minimum atomic E-state index is 0.118. The Morgan fingerprint density at radius 2 is 1.68 bits per heavy atom. The second-order valence-corrected chi connectivity index (χ2v) is 8.50. The maximum atomic E-state index is 13.6. The van der Waals surface area contributed by atoms with E-state index >= 15 is 0 Å². The molecular weight excluding hydrogens is 386 g/mol. The number of nitrogens with zero attached hydrogens (tertiary/aromatic N) is 1. The summed E-state index contributed by atoms with van der Waals surface area (Å²) < 4.78 is 11.2. The molecule has 2 aliphatic rings. The van der Waals surface area contributed by atoms with Gasteiger partial charge < -0.3 is 14.4 Å². The molecule has 1 aliphatic carbocycles. The van der Waals surface area contributed by atoms with E-state index in [0.717, 1.165) is 41.0 Å². The summed E-state index contributed by atoms with van der Waals surface area (Å²) in [6.45, 7) is 2.71. The molecular formula is C27H27NO3. The number of aryl methyl sites for hydroxylation is 2. The Kier molecular flexibility index (Phi) is 4.93. The summed E-state index contributed by atoms with van der Waals surface area (Å²) >= 11 is 0. The highest BCUT2D eigenvalue weighted by Gasteiger charge is 2.43. The molecule has 0 N–H and O–H groups in total. The smallest absolute Gasteiger partial charge is 0.254 e. The Morgan fingerprint density at radius 3 is 2.42 bits per heavy atom. The van der Waals surface area contributed by atoms with Crippen LogP contribution in [0.3, 0.4) is 0 Å². The zero-order chi connectivity index (χ0) is 21.5. The van der Waals surface area contributed by atoms with Crippen molar-refractivity contribution in [2.75, 3.05) is 14.2 Å². The monoisotopic (exact) mass is 413 g/mol. The van der Waals surface area contributed by atoms with Crippen LogP contribution in [0, 0.1) is 6.92 Å². The van der Waals surface area contributed by atoms with E-state index < -0.39 is 0 Å². The van der Waals surface area contributed by atoms with Gasteiger partial charge in [-0.15, -0.1) is 0 Å². The van der Waals surface area contributed by atoms with Gasteiger partial charge in [-0.2, -0.15) is 0 Å². The first-order chi connectivity index (χ1) is 15.1. The molecule has 0 aromatic heterocycles. The summed E-state index contributed by atoms with van der Waals surface area (Å²) in [6, 6.07) is 20.8. The predicted molar refractivity (Wildman–Crippen MR) is 121 cm³/mol. The molecule has 1 unspecified atom stereocenters. The zero-order valence-electron chi connectivity index (χ0n) is 18.2. The topological polar surface area (TPSA) is 38.8 Å². The van der Waals surface area contributed by atoms with E-state index in [1.165, 1.54) is 16.7 Å². The summed E-state index contributed by atoms with van der Waals surface area (Å²) in [5.41, 5.74) is 6.79. The SMILES string of the molecule is COc1cc2c(cc1OC)C1c3cc(C)ccc3C(=O)N(Cc3ccccc3)[C@@H]1CC2. The number of ether oxygens (including phenoxy) is 2. The second kappa shape index (κ2) is 7.77. The van der Waals surface area contributed by atoms with Gasteiger partial charge in [0.25, 0.3) is 5.91 Å². The van der Waals surface area contributed by atoms with Crippen LogP contribution in [-0.4, -0.2) is 31.1 Å². The van der Waals surface area contributed by atoms with Crippen LogP contribution in [0.25, 0.3) is 0 Å². The first kappa shape index (κ1) is 19.7. The fraction of sp³-hybridized carbons (Fsp3) is 0.296. The van der Waals surface area contributed by atoms with Crippen LogP contribution >= 0.6 is 0 Å². The van der Waals surface area contributed by atoms with E-state index in [0.29, 0.717) is 6.54 Å². The number of methoxy groups -OCH3 is 2. The van der Waals surface area contributed by atoms with Gasteiger partial charge in [-0.3, -0.25) is 4.79 Å². The fourth-order valence-corrected chi connectivity index (χ4v) is 5.24. The number of carbonyl (C=O) groups is 1. The molecule has 2 atom stereocenters. The number of benzene rings is 3. The van der Waals surface area contributed by atoms with Gasteiger partial charge in [-0.05, 0) is 60.2 Å². The first-order valence-electron chi connectivity index (χ1n) is 10.8. The molecule has 5 rings (SSSR count). The van der Waals surface area contributed by atoms with Crippen LogP contribution in [0.5, 0.6) is 11.5 Å². The molecule has 158 valence electrons. The lowest BCUT2D eigenvalue weighted by molar-refractivity contribution is 0.0586. The Morgan fingerprint density at radius 1 is 0.935 bits per heavy atom. The van der Waals surface area contributed by atoms with Crippen molar-refractivity contribution in [3.8, 4) is 11.5 Å². The molecule has 31 heavy (non-hydrogen) atoms. The van der Waals surface area contributed by atoms with Gasteiger partial charge in [-0.25, -0.2) is 0 Å². The normalized spacial score (nSPS) is 19.3. The molecule has 1 aliphatic heterocycles. The first-order valence-corrected chi connectivity index (χ1v) is 10.8. The van der Waals surface area contributed by atoms with Gasteiger partial charge in [-0.1, -0.05) is 48.0 Å². The third-order valence-corrected chi connectivity index (χ3v) is 6.70. The highest BCUT2D eigenvalue weighted by molar-refractivity contribution is 5.98. The number of fused-ring (bicyclic) bond motifs is 5. The van der Waals surface area contributed by atoms with Crippen molar-refractivity contribution < 1.29 is 14.3 Å². The molecule has 1 amide bonds. The summed E-state index contributed by atoms with van der Waals surface area (Å²) in [4.78, 5) is 15.7. The van der Waals surface area contributed by atoms with E-state index in [1.807, 2.05) is 30.3 Å². The van der Waals surface area contributed by atoms with E-state index in [4.69, 9.17) is 9.47 Å². The third kappa shape index (κ3) is 3.27. The molecule has 3 aromatic carbocycles. The summed E-state index contributed by atoms with van der Waals surface area (Å²) in [7, 11) is 3.35. The summed E-state index contributed by atoms with van der Waals surface area (Å²) in [5, 5.41) is 0. The van der Waals surface area contributed by atoms with Crippen LogP contribution in [-0.2, 0) is 13.0 Å². The van der Waals surface area contributed by atoms with Crippen LogP contribution in [0.4, 0.5) is 0 Å². The standard InChI is InChI=1S/C27H27NO3/c1-17-9-11-20-22(13-17)26-21-15-25(31-3)24(30-2)14-19(21)10-12-23(26)28(27(20)29)16-18-7-5-4-6-8-18/h4-9,11,13-15,23,26H,10,12,16H2,1-3H3/t23-,26?/m1/s1. The molecule has 0 saturated carbocycles. The Balaban J connectivity index is 1.67. The zero-order valence-corrected chi connectivity index (χ0v) is 18.2. The highest BCUT2D eigenvalue weighted by Crippen LogP contribution is 2.47. The van der Waals surface area contributed by atoms with Crippen molar-refractivity contribution in [3.05, 3.63) is 94.0 Å². The van der Waals surface area contributed by atoms with Gasteiger partial charge in [0.15, 0.2) is 11.5 Å². The van der Waals surface area contributed by atoms with E-state index in [2.05, 4.69) is 42.2 Å². The van der Waals surface area contributed by atoms with Crippen molar-refractivity contribution in [2.24, 2.45) is 0 Å². The van der Waals surface area contributed by atoms with Crippen molar-refractivity contribution in [2.45, 2.75) is 38.3 Å². The number of carbonyl (C=O) groups excluding carboxylic acids is 1. The largest absolute Gasteiger partial charge is 0.493 e. The maximum absolute atomic E-state index is 13.6. The molecule has 0 saturated heterocycles. The minimum absolute atomic E-state index is 0.118. The van der Waals surface area contributed by atoms with Gasteiger partial charge in [0.05, 0.1) is 14.2 Å². The number of amides is 1. The molecule has 0 bridgehead atoms. The average Bonchev–Trinajstić information content (AvgIpc) is 2.80. The van der Waals surface area contributed by atoms with Crippen LogP contribution in [0.1, 0.15) is 50.5 Å². The maximum Gasteiger partial charge on any atom is 0.254 e. The third-order valence-electron chi connectivity index (χ3n) is 6.70. The number of hydrogen-bond acceptors (Lipinski definition) is 3. The quantitative estimate of drug-likeness (QED) is 0.596. The van der Waals surface area contributed by atoms with Crippen LogP contribution in [0.2, 0.25) is 0 Å². The van der Waals surface area contributed by atoms with Crippen LogP contribution in [0.15, 0.2) is 60.7 Å². The minimum Gasteiger partial charge on any atom is -0.493 e. The Labute approximate surface area is 183 Å². The van der Waals surface area contributed by atoms with Crippen molar-refractivity contribution in [1.29, 1.82) is 0 Å². The molecule has 0 fully saturated rings. The van der Waals surface area contributed by atoms with Crippen molar-refractivity contribution in [3.63, 3.8) is 0 Å². The number of hydrogen-bond donors (Lipinski definition) is 0. The van der Waals surface area contributed by atoms with Gasteiger partial charge >= 0.3 is 0 Å². The van der Waals surface area contributed by atoms with Crippen molar-refractivity contribution in [1.82, 2.24) is 4.90 Å². The van der Waals surface area contributed by atoms with E-state index in [-0.39, 0.29) is 17.9 Å². The second-order valence-electron chi connectivity index (χ2n) is 8.50. The van der Waals surface area contributed by atoms with Gasteiger partial charge in [0, 0.05) is 24.1 Å². The van der Waals surface area contributed by atoms with E-state index in [1.54, 1.807) is 14.2 Å². The predicted octanol–water partition coefficient (Wildman–Crippen LogP) is 5.11. The lowest BCUT2D eigenvalue weighted by atomic mass is 9.71. The molecule has 3 aromatic rings. The fourth-order valence-electron chi connectivity index (χ4n) is 5.24. The van der Waals surface area contributed by atoms with Gasteiger partial charge in [0.1, 0.15) is 0 Å². The molecule has 0 radical (unpaired) electrons. The van der Waals surface area contributed by atoms with E-state index in [9.17, 15) is 4.79 Å². The highest BCUT2D eigenvalue weighted by atomic mass is 16.5. The molecule has 1 heterocycles. The lowest BCUT2D eigenvalue weighted by Gasteiger charge is -2.46. The summed E-state index contributed by atoms with van der Waals surface area (Å²) in [5.74, 6) is 1.75. The molecule has 4 nitrogen and oxygen atoms in total. The molecule has 4 heteroatoms. The average molecular weight is 414 g/mol. The summed E-state index contributed by atoms with van der Waals surface area (Å²) in [6.07, 6.45) is 1.84. The Bertz CT molecular complexity index is 1140. The molecule has 0 spiro atoms. The van der Waals surface area contributed by atoms with Crippen molar-refractivity contribution >= 4 is 5.91 Å². The van der Waals surface area contributed by atoms with Gasteiger partial charge in [0.2, 0.25) is 0 Å².